The number of phenols is 1. The molecule has 0 fully saturated rings. The molecule has 0 saturated heterocycles. The molecule has 0 atom stereocenters. The van der Waals surface area contributed by atoms with Crippen LogP contribution in [0.25, 0.3) is 0 Å². The van der Waals surface area contributed by atoms with E-state index in [4.69, 9.17) is 10.8 Å². The van der Waals surface area contributed by atoms with Crippen molar-refractivity contribution >= 4 is 5.69 Å². The highest BCUT2D eigenvalue weighted by atomic mass is 16.3. The Morgan fingerprint density at radius 1 is 0.870 bits per heavy atom. The highest BCUT2D eigenvalue weighted by molar-refractivity contribution is 5.52. The van der Waals surface area contributed by atoms with E-state index in [1.54, 1.807) is 24.3 Å². The van der Waals surface area contributed by atoms with Gasteiger partial charge in [0.05, 0.1) is 5.69 Å². The standard InChI is InChI=1S/C7H9NO.2C7H10/c1-5-2-3-7(9)6(8)4-5;2*1-3-5-7-6-4-2/h2-4,9H,8H2,1H3;2*3-7H,1H2,2H3/b;2*6-4-,7-5-. The van der Waals surface area contributed by atoms with Crippen LogP contribution in [0, 0.1) is 6.92 Å². The second kappa shape index (κ2) is 17.3. The number of aromatic hydroxyl groups is 1. The normalized spacial score (nSPS) is 10.4. The van der Waals surface area contributed by atoms with Crippen LogP contribution >= 0.6 is 0 Å². The molecule has 0 amide bonds. The van der Waals surface area contributed by atoms with Crippen LogP contribution in [0.5, 0.6) is 5.75 Å². The molecule has 0 unspecified atom stereocenters. The van der Waals surface area contributed by atoms with Gasteiger partial charge in [-0.3, -0.25) is 0 Å². The number of phenolic OH excluding ortho intramolecular Hbond substituents is 1. The van der Waals surface area contributed by atoms with Crippen LogP contribution < -0.4 is 5.73 Å². The molecule has 2 nitrogen and oxygen atoms in total. The summed E-state index contributed by atoms with van der Waals surface area (Å²) < 4.78 is 0. The van der Waals surface area contributed by atoms with Crippen LogP contribution in [0.2, 0.25) is 0 Å². The minimum atomic E-state index is 0.153. The number of benzene rings is 1. The van der Waals surface area contributed by atoms with Gasteiger partial charge in [-0.05, 0) is 38.5 Å². The molecule has 1 aromatic carbocycles. The molecule has 0 heterocycles. The highest BCUT2D eigenvalue weighted by Gasteiger charge is 1.92. The van der Waals surface area contributed by atoms with Gasteiger partial charge in [-0.25, -0.2) is 0 Å². The van der Waals surface area contributed by atoms with Gasteiger partial charge in [0.15, 0.2) is 0 Å². The van der Waals surface area contributed by atoms with Crippen molar-refractivity contribution < 1.29 is 5.11 Å². The molecule has 0 aliphatic rings. The summed E-state index contributed by atoms with van der Waals surface area (Å²) in [6.45, 7) is 12.9. The first kappa shape index (κ1) is 22.5. The van der Waals surface area contributed by atoms with Crippen molar-refractivity contribution in [2.45, 2.75) is 20.8 Å². The predicted octanol–water partition coefficient (Wildman–Crippen LogP) is 5.89. The zero-order chi connectivity index (χ0) is 17.9. The van der Waals surface area contributed by atoms with E-state index in [1.165, 1.54) is 0 Å². The van der Waals surface area contributed by atoms with Crippen molar-refractivity contribution in [2.75, 3.05) is 5.73 Å². The molecule has 0 bridgehead atoms. The molecule has 1 aromatic rings. The Morgan fingerprint density at radius 2 is 1.35 bits per heavy atom. The van der Waals surface area contributed by atoms with Crippen molar-refractivity contribution in [3.63, 3.8) is 0 Å². The van der Waals surface area contributed by atoms with Gasteiger partial charge in [-0.15, -0.1) is 0 Å². The number of rotatable bonds is 4. The zero-order valence-electron chi connectivity index (χ0n) is 14.4. The van der Waals surface area contributed by atoms with E-state index in [-0.39, 0.29) is 5.75 Å². The van der Waals surface area contributed by atoms with E-state index >= 15 is 0 Å². The van der Waals surface area contributed by atoms with Gasteiger partial charge in [-0.1, -0.05) is 80.0 Å². The van der Waals surface area contributed by atoms with E-state index in [9.17, 15) is 0 Å². The summed E-state index contributed by atoms with van der Waals surface area (Å²) in [6, 6.07) is 5.13. The summed E-state index contributed by atoms with van der Waals surface area (Å²) in [5.74, 6) is 0.153. The molecule has 2 heteroatoms. The molecule has 124 valence electrons. The van der Waals surface area contributed by atoms with E-state index in [1.807, 2.05) is 75.4 Å². The Kier molecular flexibility index (Phi) is 17.0. The fourth-order valence-corrected chi connectivity index (χ4v) is 1.18. The van der Waals surface area contributed by atoms with Crippen molar-refractivity contribution in [1.29, 1.82) is 0 Å². The zero-order valence-corrected chi connectivity index (χ0v) is 14.4. The summed E-state index contributed by atoms with van der Waals surface area (Å²) in [7, 11) is 0. The quantitative estimate of drug-likeness (QED) is 0.413. The molecule has 0 spiro atoms. The van der Waals surface area contributed by atoms with Crippen LogP contribution in [-0.4, -0.2) is 5.11 Å². The second-order valence-corrected chi connectivity index (χ2v) is 4.36. The van der Waals surface area contributed by atoms with Gasteiger partial charge >= 0.3 is 0 Å². The molecule has 0 saturated carbocycles. The molecule has 1 rings (SSSR count). The van der Waals surface area contributed by atoms with Crippen LogP contribution in [0.1, 0.15) is 19.4 Å². The Hall–Kier alpha value is -2.74. The largest absolute Gasteiger partial charge is 0.506 e. The first-order valence-electron chi connectivity index (χ1n) is 7.39. The van der Waals surface area contributed by atoms with Gasteiger partial charge < -0.3 is 10.8 Å². The molecular weight excluding hydrogens is 282 g/mol. The Labute approximate surface area is 141 Å². The summed E-state index contributed by atoms with van der Waals surface area (Å²) in [5, 5.41) is 8.92. The number of nitrogens with two attached hydrogens (primary N) is 1. The third-order valence-corrected chi connectivity index (χ3v) is 2.28. The summed E-state index contributed by atoms with van der Waals surface area (Å²) >= 11 is 0. The lowest BCUT2D eigenvalue weighted by atomic mass is 10.2. The van der Waals surface area contributed by atoms with Crippen molar-refractivity contribution in [2.24, 2.45) is 0 Å². The van der Waals surface area contributed by atoms with Crippen LogP contribution in [0.15, 0.2) is 92.1 Å². The fraction of sp³-hybridized carbons (Fsp3) is 0.143. The molecule has 3 N–H and O–H groups in total. The maximum Gasteiger partial charge on any atom is 0.138 e. The number of hydrogen-bond donors (Lipinski definition) is 2. The molecule has 0 radical (unpaired) electrons. The van der Waals surface area contributed by atoms with Crippen LogP contribution in [0.3, 0.4) is 0 Å². The average molecular weight is 311 g/mol. The van der Waals surface area contributed by atoms with E-state index in [0.29, 0.717) is 5.69 Å². The lowest BCUT2D eigenvalue weighted by molar-refractivity contribution is 0.478. The average Bonchev–Trinajstić information content (AvgIpc) is 2.54. The van der Waals surface area contributed by atoms with Gasteiger partial charge in [-0.2, -0.15) is 0 Å². The maximum atomic E-state index is 8.92. The fourth-order valence-electron chi connectivity index (χ4n) is 1.18. The van der Waals surface area contributed by atoms with Crippen molar-refractivity contribution in [3.8, 4) is 5.75 Å². The summed E-state index contributed by atoms with van der Waals surface area (Å²) in [5.41, 5.74) is 6.87. The molecule has 0 aliphatic carbocycles. The first-order valence-corrected chi connectivity index (χ1v) is 7.39. The third-order valence-electron chi connectivity index (χ3n) is 2.28. The smallest absolute Gasteiger partial charge is 0.138 e. The van der Waals surface area contributed by atoms with Crippen LogP contribution in [0.4, 0.5) is 5.69 Å². The van der Waals surface area contributed by atoms with Gasteiger partial charge in [0, 0.05) is 0 Å². The molecular formula is C21H29NO. The number of hydrogen-bond acceptors (Lipinski definition) is 2. The van der Waals surface area contributed by atoms with Gasteiger partial charge in [0.1, 0.15) is 5.75 Å². The first-order chi connectivity index (χ1) is 11.0. The number of anilines is 1. The summed E-state index contributed by atoms with van der Waals surface area (Å²) in [4.78, 5) is 0. The van der Waals surface area contributed by atoms with Crippen molar-refractivity contribution in [1.82, 2.24) is 0 Å². The van der Waals surface area contributed by atoms with E-state index in [0.717, 1.165) is 5.56 Å². The molecule has 0 aliphatic heterocycles. The minimum absolute atomic E-state index is 0.153. The topological polar surface area (TPSA) is 46.2 Å². The lowest BCUT2D eigenvalue weighted by Gasteiger charge is -1.97. The van der Waals surface area contributed by atoms with E-state index < -0.39 is 0 Å². The molecule has 23 heavy (non-hydrogen) atoms. The van der Waals surface area contributed by atoms with Crippen molar-refractivity contribution in [3.05, 3.63) is 97.7 Å². The molecule has 0 aromatic heterocycles. The monoisotopic (exact) mass is 311 g/mol. The Morgan fingerprint density at radius 3 is 1.65 bits per heavy atom. The Balaban J connectivity index is 0. The van der Waals surface area contributed by atoms with E-state index in [2.05, 4.69) is 13.2 Å². The van der Waals surface area contributed by atoms with Gasteiger partial charge in [0.2, 0.25) is 0 Å². The third kappa shape index (κ3) is 17.2. The number of aryl methyl sites for hydroxylation is 1. The highest BCUT2D eigenvalue weighted by Crippen LogP contribution is 2.19. The maximum absolute atomic E-state index is 8.92. The summed E-state index contributed by atoms with van der Waals surface area (Å²) in [6.07, 6.45) is 19.0. The number of nitrogen functional groups attached to an aromatic ring is 1. The lowest BCUT2D eigenvalue weighted by Crippen LogP contribution is -1.85. The number of allylic oxidation sites excluding steroid dienone is 10. The minimum Gasteiger partial charge on any atom is -0.506 e. The Bertz CT molecular complexity index is 523. The predicted molar refractivity (Wildman–Crippen MR) is 106 cm³/mol. The van der Waals surface area contributed by atoms with Gasteiger partial charge in [0.25, 0.3) is 0 Å². The SMILES string of the molecule is C=C/C=C\C=C/C.C=C/C=C\C=C/C.Cc1ccc(O)c(N)c1. The van der Waals surface area contributed by atoms with Crippen LogP contribution in [-0.2, 0) is 0 Å². The second-order valence-electron chi connectivity index (χ2n) is 4.36.